The highest BCUT2D eigenvalue weighted by Gasteiger charge is 2.49. The van der Waals surface area contributed by atoms with E-state index in [1.807, 2.05) is 0 Å². The summed E-state index contributed by atoms with van der Waals surface area (Å²) in [6, 6.07) is -0.251. The van der Waals surface area contributed by atoms with Crippen molar-refractivity contribution in [2.45, 2.75) is 63.3 Å². The Morgan fingerprint density at radius 1 is 1.20 bits per heavy atom. The van der Waals surface area contributed by atoms with E-state index >= 15 is 0 Å². The molecule has 1 saturated carbocycles. The molecule has 6 heteroatoms. The number of carbonyl (C=O) groups excluding carboxylic acids is 2. The molecule has 0 unspecified atom stereocenters. The molecule has 5 nitrogen and oxygen atoms in total. The fourth-order valence-corrected chi connectivity index (χ4v) is 3.28. The fraction of sp³-hybridized carbons (Fsp3) is 0.786. The van der Waals surface area contributed by atoms with Gasteiger partial charge in [0.15, 0.2) is 0 Å². The van der Waals surface area contributed by atoms with Gasteiger partial charge < -0.3 is 11.1 Å². The van der Waals surface area contributed by atoms with Crippen molar-refractivity contribution >= 4 is 29.1 Å². The summed E-state index contributed by atoms with van der Waals surface area (Å²) >= 11 is 4.82. The smallest absolute Gasteiger partial charge is 0.325 e. The van der Waals surface area contributed by atoms with E-state index < -0.39 is 5.54 Å². The van der Waals surface area contributed by atoms with Gasteiger partial charge in [-0.15, -0.1) is 0 Å². The molecular weight excluding hydrogens is 274 g/mol. The lowest BCUT2D eigenvalue weighted by Crippen LogP contribution is -2.47. The number of imide groups is 1. The minimum Gasteiger partial charge on any atom is -0.393 e. The number of nitrogens with one attached hydrogen (secondary N) is 1. The van der Waals surface area contributed by atoms with Crippen LogP contribution in [0.4, 0.5) is 4.79 Å². The molecule has 0 aromatic rings. The van der Waals surface area contributed by atoms with Crippen molar-refractivity contribution in [2.24, 2.45) is 5.73 Å². The number of nitrogens with two attached hydrogens (primary N) is 1. The largest absolute Gasteiger partial charge is 0.393 e. The number of amides is 3. The Morgan fingerprint density at radius 2 is 1.80 bits per heavy atom. The SMILES string of the molecule is NC(=S)CCCN1C(=O)NC2(CCCCCCC2)C1=O. The van der Waals surface area contributed by atoms with Crippen LogP contribution in [0, 0.1) is 0 Å². The van der Waals surface area contributed by atoms with Gasteiger partial charge in [0.2, 0.25) is 0 Å². The van der Waals surface area contributed by atoms with Crippen LogP contribution in [0.1, 0.15) is 57.8 Å². The Kier molecular flexibility index (Phi) is 4.96. The van der Waals surface area contributed by atoms with Crippen LogP contribution < -0.4 is 11.1 Å². The Bertz CT molecular complexity index is 403. The van der Waals surface area contributed by atoms with E-state index in [0.717, 1.165) is 38.5 Å². The Morgan fingerprint density at radius 3 is 2.40 bits per heavy atom. The predicted octanol–water partition coefficient (Wildman–Crippen LogP) is 2.09. The van der Waals surface area contributed by atoms with Gasteiger partial charge in [-0.05, 0) is 25.7 Å². The van der Waals surface area contributed by atoms with Crippen LogP contribution in [0.25, 0.3) is 0 Å². The summed E-state index contributed by atoms with van der Waals surface area (Å²) in [6.45, 7) is 0.407. The molecule has 3 N–H and O–H groups in total. The van der Waals surface area contributed by atoms with E-state index in [-0.39, 0.29) is 11.9 Å². The highest BCUT2D eigenvalue weighted by atomic mass is 32.1. The molecule has 1 spiro atoms. The number of rotatable bonds is 4. The second kappa shape index (κ2) is 6.52. The molecule has 1 aliphatic carbocycles. The summed E-state index contributed by atoms with van der Waals surface area (Å²) in [7, 11) is 0. The molecule has 0 atom stereocenters. The monoisotopic (exact) mass is 297 g/mol. The van der Waals surface area contributed by atoms with Crippen LogP contribution >= 0.6 is 12.2 Å². The molecule has 1 heterocycles. The zero-order valence-corrected chi connectivity index (χ0v) is 12.6. The number of hydrogen-bond donors (Lipinski definition) is 2. The maximum Gasteiger partial charge on any atom is 0.325 e. The number of carbonyl (C=O) groups is 2. The van der Waals surface area contributed by atoms with Gasteiger partial charge in [-0.3, -0.25) is 9.69 Å². The van der Waals surface area contributed by atoms with E-state index in [4.69, 9.17) is 18.0 Å². The molecule has 2 aliphatic rings. The second-order valence-corrected chi connectivity index (χ2v) is 6.33. The van der Waals surface area contributed by atoms with Crippen molar-refractivity contribution in [1.82, 2.24) is 10.2 Å². The molecule has 2 rings (SSSR count). The molecule has 112 valence electrons. The quantitative estimate of drug-likeness (QED) is 0.615. The Labute approximate surface area is 125 Å². The highest BCUT2D eigenvalue weighted by Crippen LogP contribution is 2.32. The first-order chi connectivity index (χ1) is 9.55. The van der Waals surface area contributed by atoms with Gasteiger partial charge in [0, 0.05) is 6.54 Å². The lowest BCUT2D eigenvalue weighted by Gasteiger charge is -2.28. The van der Waals surface area contributed by atoms with Crippen molar-refractivity contribution in [2.75, 3.05) is 6.54 Å². The lowest BCUT2D eigenvalue weighted by atomic mass is 9.84. The minimum absolute atomic E-state index is 0.0488. The molecule has 2 fully saturated rings. The van der Waals surface area contributed by atoms with Crippen LogP contribution in [0.15, 0.2) is 0 Å². The number of thiocarbonyl (C=S) groups is 1. The Balaban J connectivity index is 2.00. The number of hydrogen-bond acceptors (Lipinski definition) is 3. The van der Waals surface area contributed by atoms with Crippen molar-refractivity contribution < 1.29 is 9.59 Å². The van der Waals surface area contributed by atoms with Crippen molar-refractivity contribution in [3.8, 4) is 0 Å². The van der Waals surface area contributed by atoms with E-state index in [2.05, 4.69) is 5.32 Å². The summed E-state index contributed by atoms with van der Waals surface area (Å²) < 4.78 is 0. The van der Waals surface area contributed by atoms with Crippen LogP contribution in [0.5, 0.6) is 0 Å². The molecular formula is C14H23N3O2S. The van der Waals surface area contributed by atoms with Gasteiger partial charge in [0.25, 0.3) is 5.91 Å². The predicted molar refractivity (Wildman–Crippen MR) is 81.3 cm³/mol. The van der Waals surface area contributed by atoms with E-state index in [1.54, 1.807) is 0 Å². The summed E-state index contributed by atoms with van der Waals surface area (Å²) in [4.78, 5) is 26.4. The van der Waals surface area contributed by atoms with Crippen molar-refractivity contribution in [3.05, 3.63) is 0 Å². The van der Waals surface area contributed by atoms with Crippen LogP contribution in [-0.4, -0.2) is 33.9 Å². The zero-order valence-electron chi connectivity index (χ0n) is 11.8. The summed E-state index contributed by atoms with van der Waals surface area (Å²) in [5, 5.41) is 2.95. The number of nitrogens with zero attached hydrogens (tertiary/aromatic N) is 1. The Hall–Kier alpha value is -1.17. The molecule has 0 aromatic carbocycles. The molecule has 20 heavy (non-hydrogen) atoms. The van der Waals surface area contributed by atoms with Gasteiger partial charge in [0.1, 0.15) is 5.54 Å². The van der Waals surface area contributed by atoms with Crippen molar-refractivity contribution in [3.63, 3.8) is 0 Å². The molecule has 0 bridgehead atoms. The van der Waals surface area contributed by atoms with Crippen LogP contribution in [0.2, 0.25) is 0 Å². The minimum atomic E-state index is -0.638. The molecule has 3 amide bonds. The topological polar surface area (TPSA) is 75.4 Å². The fourth-order valence-electron chi connectivity index (χ4n) is 3.14. The molecule has 0 radical (unpaired) electrons. The highest BCUT2D eigenvalue weighted by molar-refractivity contribution is 7.80. The molecule has 0 aromatic heterocycles. The van der Waals surface area contributed by atoms with E-state index in [0.29, 0.717) is 24.4 Å². The standard InChI is InChI=1S/C14H23N3O2S/c15-11(20)7-6-10-17-12(18)14(16-13(17)19)8-4-2-1-3-5-9-14/h1-10H2,(H2,15,20)(H,16,19). The maximum absolute atomic E-state index is 12.6. The van der Waals surface area contributed by atoms with E-state index in [9.17, 15) is 9.59 Å². The van der Waals surface area contributed by atoms with Gasteiger partial charge in [-0.2, -0.15) is 0 Å². The van der Waals surface area contributed by atoms with Gasteiger partial charge in [-0.25, -0.2) is 4.79 Å². The first kappa shape index (κ1) is 15.2. The second-order valence-electron chi connectivity index (χ2n) is 5.81. The average molecular weight is 297 g/mol. The third-order valence-electron chi connectivity index (χ3n) is 4.26. The first-order valence-corrected chi connectivity index (χ1v) is 7.88. The molecule has 1 aliphatic heterocycles. The van der Waals surface area contributed by atoms with Crippen LogP contribution in [0.3, 0.4) is 0 Å². The first-order valence-electron chi connectivity index (χ1n) is 7.48. The van der Waals surface area contributed by atoms with Crippen molar-refractivity contribution in [1.29, 1.82) is 0 Å². The zero-order chi connectivity index (χ0) is 14.6. The van der Waals surface area contributed by atoms with Gasteiger partial charge in [-0.1, -0.05) is 44.3 Å². The third-order valence-corrected chi connectivity index (χ3v) is 4.46. The van der Waals surface area contributed by atoms with E-state index in [1.165, 1.54) is 11.3 Å². The lowest BCUT2D eigenvalue weighted by molar-refractivity contribution is -0.132. The average Bonchev–Trinajstić information content (AvgIpc) is 2.59. The third kappa shape index (κ3) is 3.29. The van der Waals surface area contributed by atoms with Crippen LogP contribution in [-0.2, 0) is 4.79 Å². The maximum atomic E-state index is 12.6. The summed E-state index contributed by atoms with van der Waals surface area (Å²) in [6.07, 6.45) is 8.28. The van der Waals surface area contributed by atoms with Gasteiger partial charge >= 0.3 is 6.03 Å². The summed E-state index contributed by atoms with van der Waals surface area (Å²) in [5.74, 6) is -0.0488. The molecule has 1 saturated heterocycles. The summed E-state index contributed by atoms with van der Waals surface area (Å²) in [5.41, 5.74) is 4.81. The van der Waals surface area contributed by atoms with Gasteiger partial charge in [0.05, 0.1) is 4.99 Å². The number of urea groups is 1. The normalized spacial score (nSPS) is 22.5.